The fraction of sp³-hybridized carbons (Fsp3) is 0.375. The van der Waals surface area contributed by atoms with Crippen LogP contribution in [0.5, 0.6) is 0 Å². The highest BCUT2D eigenvalue weighted by molar-refractivity contribution is 7.12. The van der Waals surface area contributed by atoms with Crippen LogP contribution in [0.3, 0.4) is 0 Å². The molecule has 0 saturated carbocycles. The summed E-state index contributed by atoms with van der Waals surface area (Å²) in [6.45, 7) is 0. The van der Waals surface area contributed by atoms with Crippen LogP contribution < -0.4 is 0 Å². The average molecular weight is 260 g/mol. The maximum atomic E-state index is 12.6. The van der Waals surface area contributed by atoms with Gasteiger partial charge in [0.2, 0.25) is 0 Å². The highest BCUT2D eigenvalue weighted by Gasteiger charge is 2.57. The fourth-order valence-corrected chi connectivity index (χ4v) is 1.76. The van der Waals surface area contributed by atoms with Crippen LogP contribution in [0.15, 0.2) is 11.4 Å². The van der Waals surface area contributed by atoms with E-state index in [2.05, 4.69) is 0 Å². The summed E-state index contributed by atoms with van der Waals surface area (Å²) in [5.41, 5.74) is -0.514. The summed E-state index contributed by atoms with van der Waals surface area (Å²) in [6.07, 6.45) is -7.33. The molecule has 0 amide bonds. The third-order valence-corrected chi connectivity index (χ3v) is 2.71. The van der Waals surface area contributed by atoms with Gasteiger partial charge in [-0.25, -0.2) is 4.79 Å². The van der Waals surface area contributed by atoms with Crippen LogP contribution in [0.4, 0.5) is 22.0 Å². The lowest BCUT2D eigenvalue weighted by atomic mass is 10.1. The molecule has 0 spiro atoms. The van der Waals surface area contributed by atoms with Crippen molar-refractivity contribution < 1.29 is 31.9 Å². The van der Waals surface area contributed by atoms with E-state index in [1.54, 1.807) is 0 Å². The molecule has 1 N–H and O–H groups in total. The number of hydrogen-bond donors (Lipinski definition) is 1. The maximum absolute atomic E-state index is 12.6. The second-order valence-corrected chi connectivity index (χ2v) is 3.88. The van der Waals surface area contributed by atoms with Crippen molar-refractivity contribution in [1.82, 2.24) is 0 Å². The second kappa shape index (κ2) is 4.00. The van der Waals surface area contributed by atoms with Crippen LogP contribution >= 0.6 is 11.3 Å². The summed E-state index contributed by atoms with van der Waals surface area (Å²) in [7, 11) is 0. The van der Waals surface area contributed by atoms with E-state index in [0.29, 0.717) is 11.3 Å². The minimum atomic E-state index is -5.68. The number of thiophene rings is 1. The molecular formula is C8H5F5O2S. The summed E-state index contributed by atoms with van der Waals surface area (Å²) >= 11 is 0.609. The molecule has 0 radical (unpaired) electrons. The number of carbonyl (C=O) groups is 1. The van der Waals surface area contributed by atoms with Gasteiger partial charge in [0.05, 0.1) is 0 Å². The quantitative estimate of drug-likeness (QED) is 0.847. The summed E-state index contributed by atoms with van der Waals surface area (Å²) < 4.78 is 60.8. The second-order valence-electron chi connectivity index (χ2n) is 2.96. The van der Waals surface area contributed by atoms with Crippen molar-refractivity contribution in [2.75, 3.05) is 0 Å². The zero-order chi connectivity index (χ0) is 12.6. The Bertz CT molecular complexity index is 395. The first-order valence-electron chi connectivity index (χ1n) is 3.89. The van der Waals surface area contributed by atoms with Crippen LogP contribution in [-0.2, 0) is 6.42 Å². The van der Waals surface area contributed by atoms with Crippen LogP contribution in [0, 0.1) is 0 Å². The van der Waals surface area contributed by atoms with Crippen molar-refractivity contribution in [3.63, 3.8) is 0 Å². The molecule has 16 heavy (non-hydrogen) atoms. The van der Waals surface area contributed by atoms with E-state index >= 15 is 0 Å². The summed E-state index contributed by atoms with van der Waals surface area (Å²) in [6, 6.07) is 0.952. The summed E-state index contributed by atoms with van der Waals surface area (Å²) in [5.74, 6) is -6.43. The molecule has 0 atom stereocenters. The van der Waals surface area contributed by atoms with Gasteiger partial charge in [-0.1, -0.05) is 0 Å². The number of carboxylic acids is 1. The zero-order valence-electron chi connectivity index (χ0n) is 7.52. The van der Waals surface area contributed by atoms with Crippen molar-refractivity contribution in [3.05, 3.63) is 21.9 Å². The first-order chi connectivity index (χ1) is 7.15. The average Bonchev–Trinajstić information content (AvgIpc) is 2.49. The first-order valence-corrected chi connectivity index (χ1v) is 4.77. The molecule has 0 aliphatic carbocycles. The van der Waals surface area contributed by atoms with E-state index in [9.17, 15) is 26.7 Å². The van der Waals surface area contributed by atoms with Crippen molar-refractivity contribution >= 4 is 17.3 Å². The maximum Gasteiger partial charge on any atom is 0.453 e. The molecular weight excluding hydrogens is 255 g/mol. The number of aromatic carboxylic acids is 1. The zero-order valence-corrected chi connectivity index (χ0v) is 8.33. The molecule has 0 aliphatic heterocycles. The minimum Gasteiger partial charge on any atom is -0.477 e. The Balaban J connectivity index is 2.97. The lowest BCUT2D eigenvalue weighted by molar-refractivity contribution is -0.281. The van der Waals surface area contributed by atoms with Crippen molar-refractivity contribution in [2.24, 2.45) is 0 Å². The topological polar surface area (TPSA) is 37.3 Å². The molecule has 2 nitrogen and oxygen atoms in total. The van der Waals surface area contributed by atoms with E-state index in [1.807, 2.05) is 0 Å². The Labute approximate surface area is 90.3 Å². The predicted molar refractivity (Wildman–Crippen MR) is 46.0 cm³/mol. The number of hydrogen-bond acceptors (Lipinski definition) is 2. The Hall–Kier alpha value is -1.18. The third-order valence-electron chi connectivity index (χ3n) is 1.77. The minimum absolute atomic E-state index is 0.496. The first kappa shape index (κ1) is 12.9. The molecule has 0 saturated heterocycles. The predicted octanol–water partition coefficient (Wildman–Crippen LogP) is 3.19. The monoisotopic (exact) mass is 260 g/mol. The van der Waals surface area contributed by atoms with E-state index in [4.69, 9.17) is 5.11 Å². The largest absolute Gasteiger partial charge is 0.477 e. The van der Waals surface area contributed by atoms with Crippen molar-refractivity contribution in [2.45, 2.75) is 18.5 Å². The molecule has 1 aromatic heterocycles. The van der Waals surface area contributed by atoms with E-state index in [0.717, 1.165) is 11.4 Å². The van der Waals surface area contributed by atoms with Crippen LogP contribution in [-0.4, -0.2) is 23.2 Å². The Morgan fingerprint density at radius 1 is 1.31 bits per heavy atom. The van der Waals surface area contributed by atoms with Gasteiger partial charge in [0.15, 0.2) is 0 Å². The van der Waals surface area contributed by atoms with E-state index < -0.39 is 34.9 Å². The van der Waals surface area contributed by atoms with Gasteiger partial charge in [-0.3, -0.25) is 0 Å². The number of rotatable bonds is 3. The van der Waals surface area contributed by atoms with E-state index in [1.165, 1.54) is 0 Å². The molecule has 1 rings (SSSR count). The van der Waals surface area contributed by atoms with E-state index in [-0.39, 0.29) is 0 Å². The van der Waals surface area contributed by atoms with Gasteiger partial charge >= 0.3 is 18.1 Å². The Morgan fingerprint density at radius 3 is 2.31 bits per heavy atom. The molecule has 0 unspecified atom stereocenters. The summed E-state index contributed by atoms with van der Waals surface area (Å²) in [4.78, 5) is 10.0. The third kappa shape index (κ3) is 2.49. The Morgan fingerprint density at radius 2 is 1.88 bits per heavy atom. The van der Waals surface area contributed by atoms with Crippen molar-refractivity contribution in [1.29, 1.82) is 0 Å². The van der Waals surface area contributed by atoms with Gasteiger partial charge in [0.25, 0.3) is 0 Å². The lowest BCUT2D eigenvalue weighted by Crippen LogP contribution is -2.38. The van der Waals surface area contributed by atoms with Gasteiger partial charge in [-0.05, 0) is 17.0 Å². The highest BCUT2D eigenvalue weighted by atomic mass is 32.1. The van der Waals surface area contributed by atoms with Crippen molar-refractivity contribution in [3.8, 4) is 0 Å². The molecule has 0 fully saturated rings. The van der Waals surface area contributed by atoms with Gasteiger partial charge < -0.3 is 5.11 Å². The fourth-order valence-electron chi connectivity index (χ4n) is 1.00. The molecule has 1 heterocycles. The van der Waals surface area contributed by atoms with Gasteiger partial charge in [0, 0.05) is 6.42 Å². The van der Waals surface area contributed by atoms with Gasteiger partial charge in [0.1, 0.15) is 4.88 Å². The molecule has 0 aromatic carbocycles. The van der Waals surface area contributed by atoms with Crippen LogP contribution in [0.1, 0.15) is 15.2 Å². The number of halogens is 5. The smallest absolute Gasteiger partial charge is 0.453 e. The van der Waals surface area contributed by atoms with Gasteiger partial charge in [-0.15, -0.1) is 11.3 Å². The molecule has 90 valence electrons. The summed E-state index contributed by atoms with van der Waals surface area (Å²) in [5, 5.41) is 9.70. The Kier molecular flexibility index (Phi) is 3.22. The molecule has 1 aromatic rings. The molecule has 0 bridgehead atoms. The number of alkyl halides is 5. The molecule has 8 heteroatoms. The standard InChI is InChI=1S/C8H5F5O2S/c9-7(10,8(11,12)13)3-4-1-2-16-5(4)6(14)15/h1-2H,3H2,(H,14,15). The lowest BCUT2D eigenvalue weighted by Gasteiger charge is -2.19. The normalized spacial score (nSPS) is 12.8. The van der Waals surface area contributed by atoms with Crippen LogP contribution in [0.25, 0.3) is 0 Å². The number of carboxylic acid groups (broad SMARTS) is 1. The van der Waals surface area contributed by atoms with Gasteiger partial charge in [-0.2, -0.15) is 22.0 Å². The van der Waals surface area contributed by atoms with Crippen LogP contribution in [0.2, 0.25) is 0 Å². The SMILES string of the molecule is O=C(O)c1sccc1CC(F)(F)C(F)(F)F. The molecule has 0 aliphatic rings. The highest BCUT2D eigenvalue weighted by Crippen LogP contribution is 2.39.